The van der Waals surface area contributed by atoms with Crippen molar-refractivity contribution in [3.63, 3.8) is 0 Å². The standard InChI is InChI=1S/C18H30F2N2O4/c1-12-9-22(15(24)13-6-5-7-18(19,20)8-13)14(11-23)10-21(12)16(25)26-17(2,3)4/h12-14,23H,5-11H2,1-4H3/t12-,13?,14-/m0/s1. The molecule has 150 valence electrons. The van der Waals surface area contributed by atoms with Crippen LogP contribution in [0, 0.1) is 5.92 Å². The molecular weight excluding hydrogens is 346 g/mol. The molecule has 1 aliphatic carbocycles. The summed E-state index contributed by atoms with van der Waals surface area (Å²) in [6.45, 7) is 7.08. The Morgan fingerprint density at radius 2 is 1.88 bits per heavy atom. The largest absolute Gasteiger partial charge is 0.444 e. The van der Waals surface area contributed by atoms with Crippen molar-refractivity contribution in [2.75, 3.05) is 19.7 Å². The highest BCUT2D eigenvalue weighted by Gasteiger charge is 2.44. The van der Waals surface area contributed by atoms with Crippen LogP contribution in [0.5, 0.6) is 0 Å². The summed E-state index contributed by atoms with van der Waals surface area (Å²) >= 11 is 0. The summed E-state index contributed by atoms with van der Waals surface area (Å²) in [6.07, 6.45) is -0.360. The zero-order chi connectivity index (χ0) is 19.7. The molecule has 0 aromatic heterocycles. The molecule has 0 radical (unpaired) electrons. The Morgan fingerprint density at radius 3 is 2.42 bits per heavy atom. The molecule has 1 saturated heterocycles. The second-order valence-electron chi connectivity index (χ2n) is 8.46. The van der Waals surface area contributed by atoms with E-state index >= 15 is 0 Å². The van der Waals surface area contributed by atoms with E-state index in [9.17, 15) is 23.5 Å². The molecule has 2 fully saturated rings. The van der Waals surface area contributed by atoms with Crippen molar-refractivity contribution in [2.45, 2.75) is 77.0 Å². The number of halogens is 2. The van der Waals surface area contributed by atoms with E-state index in [0.29, 0.717) is 12.8 Å². The first-order valence-corrected chi connectivity index (χ1v) is 9.22. The van der Waals surface area contributed by atoms with E-state index in [0.717, 1.165) is 0 Å². The minimum Gasteiger partial charge on any atom is -0.444 e. The van der Waals surface area contributed by atoms with Gasteiger partial charge in [0.15, 0.2) is 0 Å². The van der Waals surface area contributed by atoms with Crippen LogP contribution in [0.3, 0.4) is 0 Å². The van der Waals surface area contributed by atoms with E-state index in [-0.39, 0.29) is 38.1 Å². The van der Waals surface area contributed by atoms with Gasteiger partial charge >= 0.3 is 6.09 Å². The van der Waals surface area contributed by atoms with E-state index in [4.69, 9.17) is 4.74 Å². The summed E-state index contributed by atoms with van der Waals surface area (Å²) in [4.78, 5) is 28.1. The van der Waals surface area contributed by atoms with Crippen LogP contribution < -0.4 is 0 Å². The Hall–Kier alpha value is -1.44. The molecular formula is C18H30F2N2O4. The van der Waals surface area contributed by atoms with Gasteiger partial charge in [-0.25, -0.2) is 13.6 Å². The van der Waals surface area contributed by atoms with Crippen LogP contribution >= 0.6 is 0 Å². The predicted octanol–water partition coefficient (Wildman–Crippen LogP) is 2.64. The van der Waals surface area contributed by atoms with Gasteiger partial charge < -0.3 is 19.6 Å². The number of nitrogens with zero attached hydrogens (tertiary/aromatic N) is 2. The van der Waals surface area contributed by atoms with Crippen LogP contribution in [0.2, 0.25) is 0 Å². The van der Waals surface area contributed by atoms with Gasteiger partial charge in [-0.05, 0) is 40.5 Å². The van der Waals surface area contributed by atoms with Crippen LogP contribution in [0.1, 0.15) is 53.4 Å². The molecule has 26 heavy (non-hydrogen) atoms. The maximum Gasteiger partial charge on any atom is 0.410 e. The summed E-state index contributed by atoms with van der Waals surface area (Å²) in [5.74, 6) is -3.88. The fourth-order valence-corrected chi connectivity index (χ4v) is 3.66. The Bertz CT molecular complexity index is 536. The van der Waals surface area contributed by atoms with Gasteiger partial charge in [-0.1, -0.05) is 0 Å². The number of carbonyl (C=O) groups excluding carboxylic acids is 2. The third kappa shape index (κ3) is 5.05. The van der Waals surface area contributed by atoms with Gasteiger partial charge in [0.1, 0.15) is 5.60 Å². The number of hydrogen-bond donors (Lipinski definition) is 1. The third-order valence-corrected chi connectivity index (χ3v) is 4.95. The first-order valence-electron chi connectivity index (χ1n) is 9.22. The van der Waals surface area contributed by atoms with E-state index < -0.39 is 36.0 Å². The van der Waals surface area contributed by atoms with E-state index in [2.05, 4.69) is 0 Å². The quantitative estimate of drug-likeness (QED) is 0.804. The van der Waals surface area contributed by atoms with Crippen molar-refractivity contribution in [1.29, 1.82) is 0 Å². The zero-order valence-corrected chi connectivity index (χ0v) is 16.0. The van der Waals surface area contributed by atoms with Crippen molar-refractivity contribution in [3.8, 4) is 0 Å². The van der Waals surface area contributed by atoms with Crippen molar-refractivity contribution in [1.82, 2.24) is 9.80 Å². The fraction of sp³-hybridized carbons (Fsp3) is 0.889. The molecule has 0 spiro atoms. The molecule has 2 aliphatic rings. The van der Waals surface area contributed by atoms with Crippen LogP contribution in [0.15, 0.2) is 0 Å². The summed E-state index contributed by atoms with van der Waals surface area (Å²) in [5, 5.41) is 9.71. The molecule has 6 nitrogen and oxygen atoms in total. The van der Waals surface area contributed by atoms with Gasteiger partial charge in [0.05, 0.1) is 12.6 Å². The molecule has 0 aromatic carbocycles. The molecule has 2 amide bonds. The summed E-state index contributed by atoms with van der Waals surface area (Å²) in [6, 6.07) is -0.928. The second kappa shape index (κ2) is 7.66. The van der Waals surface area contributed by atoms with Gasteiger partial charge in [0.2, 0.25) is 11.8 Å². The minimum absolute atomic E-state index is 0.126. The molecule has 8 heteroatoms. The number of alkyl halides is 2. The highest BCUT2D eigenvalue weighted by atomic mass is 19.3. The van der Waals surface area contributed by atoms with Gasteiger partial charge in [0, 0.05) is 37.9 Å². The number of aliphatic hydroxyl groups is 1. The lowest BCUT2D eigenvalue weighted by atomic mass is 9.85. The normalized spacial score (nSPS) is 29.4. The number of aliphatic hydroxyl groups excluding tert-OH is 1. The Labute approximate surface area is 153 Å². The molecule has 0 aromatic rings. The summed E-state index contributed by atoms with van der Waals surface area (Å²) in [5.41, 5.74) is -0.647. The number of ether oxygens (including phenoxy) is 1. The molecule has 1 N–H and O–H groups in total. The number of amides is 2. The van der Waals surface area contributed by atoms with E-state index in [1.165, 1.54) is 9.80 Å². The molecule has 1 unspecified atom stereocenters. The Morgan fingerprint density at radius 1 is 1.23 bits per heavy atom. The first-order chi connectivity index (χ1) is 11.9. The lowest BCUT2D eigenvalue weighted by Gasteiger charge is -2.46. The number of rotatable bonds is 2. The van der Waals surface area contributed by atoms with E-state index in [1.807, 2.05) is 0 Å². The van der Waals surface area contributed by atoms with Gasteiger partial charge in [0.25, 0.3) is 0 Å². The van der Waals surface area contributed by atoms with Crippen LogP contribution in [0.25, 0.3) is 0 Å². The monoisotopic (exact) mass is 376 g/mol. The smallest absolute Gasteiger partial charge is 0.410 e. The lowest BCUT2D eigenvalue weighted by Crippen LogP contribution is -2.63. The molecule has 1 saturated carbocycles. The number of carbonyl (C=O) groups is 2. The maximum atomic E-state index is 13.7. The fourth-order valence-electron chi connectivity index (χ4n) is 3.66. The first kappa shape index (κ1) is 20.9. The van der Waals surface area contributed by atoms with Crippen LogP contribution in [0.4, 0.5) is 13.6 Å². The molecule has 0 bridgehead atoms. The van der Waals surface area contributed by atoms with Crippen molar-refractivity contribution < 1.29 is 28.2 Å². The second-order valence-corrected chi connectivity index (χ2v) is 8.46. The summed E-state index contributed by atoms with van der Waals surface area (Å²) in [7, 11) is 0. The summed E-state index contributed by atoms with van der Waals surface area (Å²) < 4.78 is 32.7. The van der Waals surface area contributed by atoms with Crippen molar-refractivity contribution in [2.24, 2.45) is 5.92 Å². The van der Waals surface area contributed by atoms with Gasteiger partial charge in [-0.15, -0.1) is 0 Å². The predicted molar refractivity (Wildman–Crippen MR) is 91.9 cm³/mol. The average molecular weight is 376 g/mol. The Balaban J connectivity index is 2.08. The van der Waals surface area contributed by atoms with Crippen LogP contribution in [-0.4, -0.2) is 70.2 Å². The van der Waals surface area contributed by atoms with Crippen molar-refractivity contribution in [3.05, 3.63) is 0 Å². The maximum absolute atomic E-state index is 13.7. The van der Waals surface area contributed by atoms with Crippen LogP contribution in [-0.2, 0) is 9.53 Å². The number of hydrogen-bond acceptors (Lipinski definition) is 4. The van der Waals surface area contributed by atoms with Gasteiger partial charge in [-0.3, -0.25) is 4.79 Å². The highest BCUT2D eigenvalue weighted by molar-refractivity contribution is 5.80. The molecule has 3 atom stereocenters. The minimum atomic E-state index is -2.81. The SMILES string of the molecule is C[C@H]1CN(C(=O)C2CCCC(F)(F)C2)[C@H](CO)CN1C(=O)OC(C)(C)C. The average Bonchev–Trinajstić information content (AvgIpc) is 2.51. The Kier molecular flexibility index (Phi) is 6.15. The number of piperazine rings is 1. The highest BCUT2D eigenvalue weighted by Crippen LogP contribution is 2.38. The van der Waals surface area contributed by atoms with Crippen molar-refractivity contribution >= 4 is 12.0 Å². The molecule has 2 rings (SSSR count). The zero-order valence-electron chi connectivity index (χ0n) is 16.0. The van der Waals surface area contributed by atoms with E-state index in [1.54, 1.807) is 27.7 Å². The molecule has 1 aliphatic heterocycles. The third-order valence-electron chi connectivity index (χ3n) is 4.95. The lowest BCUT2D eigenvalue weighted by molar-refractivity contribution is -0.150. The molecule has 1 heterocycles. The van der Waals surface area contributed by atoms with Gasteiger partial charge in [-0.2, -0.15) is 0 Å². The topological polar surface area (TPSA) is 70.1 Å².